The van der Waals surface area contributed by atoms with Crippen LogP contribution in [0.4, 0.5) is 5.69 Å². The fraction of sp³-hybridized carbons (Fsp3) is 0. The van der Waals surface area contributed by atoms with Crippen LogP contribution in [0.15, 0.2) is 48.8 Å². The molecule has 7 heteroatoms. The topological polar surface area (TPSA) is 76.1 Å². The van der Waals surface area contributed by atoms with Crippen LogP contribution in [0.25, 0.3) is 11.3 Å². The number of hydrogen-bond donors (Lipinski definition) is 2. The molecule has 0 atom stereocenters. The van der Waals surface area contributed by atoms with Crippen molar-refractivity contribution in [3.05, 3.63) is 59.4 Å². The first-order chi connectivity index (χ1) is 10.1. The Morgan fingerprint density at radius 2 is 1.73 bits per heavy atom. The molecule has 2 heterocycles. The van der Waals surface area contributed by atoms with Crippen molar-refractivity contribution in [2.24, 2.45) is 0 Å². The van der Waals surface area contributed by atoms with Gasteiger partial charge in [-0.2, -0.15) is 4.57 Å². The van der Waals surface area contributed by atoms with Gasteiger partial charge in [-0.15, -0.1) is 0 Å². The van der Waals surface area contributed by atoms with Gasteiger partial charge in [-0.25, -0.2) is 0 Å². The number of carbonyl (C=O) groups excluding carboxylic acids is 2. The highest BCUT2D eigenvalue weighted by molar-refractivity contribution is 6.44. The van der Waals surface area contributed by atoms with Gasteiger partial charge in [0.2, 0.25) is 0 Å². The summed E-state index contributed by atoms with van der Waals surface area (Å²) in [7, 11) is 0. The van der Waals surface area contributed by atoms with Gasteiger partial charge in [-0.05, 0) is 23.8 Å². The van der Waals surface area contributed by atoms with Gasteiger partial charge >= 0.3 is 5.91 Å². The zero-order valence-corrected chi connectivity index (χ0v) is 12.7. The van der Waals surface area contributed by atoms with E-state index in [1.165, 1.54) is 0 Å². The first-order valence-corrected chi connectivity index (χ1v) is 6.57. The molecule has 0 unspecified atom stereocenters. The second kappa shape index (κ2) is 6.17. The minimum absolute atomic E-state index is 0. The van der Waals surface area contributed by atoms with E-state index in [1.54, 1.807) is 53.4 Å². The van der Waals surface area contributed by atoms with Gasteiger partial charge in [-0.3, -0.25) is 14.9 Å². The number of anilines is 1. The number of nitrogens with two attached hydrogens (primary N) is 1. The minimum atomic E-state index is -0.458. The second-order valence-corrected chi connectivity index (χ2v) is 4.99. The fourth-order valence-corrected chi connectivity index (χ4v) is 2.34. The molecular weight excluding hydrogens is 325 g/mol. The number of nitrogens with zero attached hydrogens (tertiary/aromatic N) is 1. The smallest absolute Gasteiger partial charge is 0.324 e. The highest BCUT2D eigenvalue weighted by Gasteiger charge is 2.38. The first-order valence-electron chi connectivity index (χ1n) is 6.19. The van der Waals surface area contributed by atoms with Crippen LogP contribution < -0.4 is 28.0 Å². The molecule has 1 aromatic carbocycles. The number of rotatable bonds is 2. The molecule has 0 aliphatic carbocycles. The SMILES string of the molecule is Nc1ccc[n+](C2=C(c3ccc(Cl)cc3)C(=O)NC2=O)c1.[Cl-]. The lowest BCUT2D eigenvalue weighted by atomic mass is 10.0. The molecule has 1 aliphatic heterocycles. The molecule has 0 saturated heterocycles. The normalized spacial score (nSPS) is 13.9. The Morgan fingerprint density at radius 1 is 1.05 bits per heavy atom. The van der Waals surface area contributed by atoms with Gasteiger partial charge in [0.1, 0.15) is 5.57 Å². The largest absolute Gasteiger partial charge is 1.00 e. The van der Waals surface area contributed by atoms with E-state index >= 15 is 0 Å². The third kappa shape index (κ3) is 2.81. The Labute approximate surface area is 137 Å². The third-order valence-corrected chi connectivity index (χ3v) is 3.37. The van der Waals surface area contributed by atoms with E-state index < -0.39 is 11.8 Å². The van der Waals surface area contributed by atoms with E-state index in [1.807, 2.05) is 0 Å². The quantitative estimate of drug-likeness (QED) is 0.504. The monoisotopic (exact) mass is 335 g/mol. The summed E-state index contributed by atoms with van der Waals surface area (Å²) in [5.41, 5.74) is 7.39. The molecule has 1 aliphatic rings. The van der Waals surface area contributed by atoms with Crippen LogP contribution in [0.2, 0.25) is 5.02 Å². The number of nitrogens with one attached hydrogen (secondary N) is 1. The molecule has 0 fully saturated rings. The molecule has 5 nitrogen and oxygen atoms in total. The van der Waals surface area contributed by atoms with Gasteiger partial charge in [0.05, 0.1) is 5.69 Å². The Bertz CT molecular complexity index is 786. The van der Waals surface area contributed by atoms with Crippen LogP contribution in [0.3, 0.4) is 0 Å². The average molecular weight is 336 g/mol. The van der Waals surface area contributed by atoms with E-state index in [0.717, 1.165) is 0 Å². The predicted molar refractivity (Wildman–Crippen MR) is 78.8 cm³/mol. The van der Waals surface area contributed by atoms with Crippen LogP contribution in [-0.4, -0.2) is 11.8 Å². The Morgan fingerprint density at radius 3 is 2.36 bits per heavy atom. The maximum atomic E-state index is 12.1. The van der Waals surface area contributed by atoms with Crippen LogP contribution in [0.1, 0.15) is 5.56 Å². The maximum Gasteiger partial charge on any atom is 0.324 e. The number of hydrogen-bond acceptors (Lipinski definition) is 3. The number of pyridine rings is 1. The number of imide groups is 1. The molecule has 3 N–H and O–H groups in total. The van der Waals surface area contributed by atoms with Crippen molar-refractivity contribution in [3.63, 3.8) is 0 Å². The van der Waals surface area contributed by atoms with Crippen molar-refractivity contribution in [2.75, 3.05) is 5.73 Å². The molecule has 3 rings (SSSR count). The summed E-state index contributed by atoms with van der Waals surface area (Å²) in [6.07, 6.45) is 3.25. The van der Waals surface area contributed by atoms with Gasteiger partial charge in [0.15, 0.2) is 12.4 Å². The Balaban J connectivity index is 0.00000176. The Kier molecular flexibility index (Phi) is 4.49. The van der Waals surface area contributed by atoms with E-state index in [2.05, 4.69) is 5.32 Å². The van der Waals surface area contributed by atoms with Crippen molar-refractivity contribution < 1.29 is 26.6 Å². The molecule has 2 amide bonds. The lowest BCUT2D eigenvalue weighted by Gasteiger charge is -2.01. The lowest BCUT2D eigenvalue weighted by molar-refractivity contribution is -0.575. The lowest BCUT2D eigenvalue weighted by Crippen LogP contribution is -3.00. The van der Waals surface area contributed by atoms with E-state index in [0.29, 0.717) is 21.8 Å². The molecule has 0 spiro atoms. The van der Waals surface area contributed by atoms with E-state index in [9.17, 15) is 9.59 Å². The average Bonchev–Trinajstić information content (AvgIpc) is 2.74. The van der Waals surface area contributed by atoms with Crippen molar-refractivity contribution >= 4 is 40.4 Å². The highest BCUT2D eigenvalue weighted by atomic mass is 35.5. The summed E-state index contributed by atoms with van der Waals surface area (Å²) in [5.74, 6) is -0.896. The third-order valence-electron chi connectivity index (χ3n) is 3.12. The summed E-state index contributed by atoms with van der Waals surface area (Å²) in [6, 6.07) is 10.1. The summed E-state index contributed by atoms with van der Waals surface area (Å²) < 4.78 is 1.54. The minimum Gasteiger partial charge on any atom is -1.00 e. The van der Waals surface area contributed by atoms with Crippen LogP contribution in [0.5, 0.6) is 0 Å². The van der Waals surface area contributed by atoms with Crippen molar-refractivity contribution in [1.29, 1.82) is 0 Å². The molecule has 1 aromatic heterocycles. The molecule has 0 radical (unpaired) electrons. The molecule has 22 heavy (non-hydrogen) atoms. The van der Waals surface area contributed by atoms with Crippen LogP contribution in [-0.2, 0) is 9.59 Å². The zero-order valence-electron chi connectivity index (χ0n) is 11.2. The second-order valence-electron chi connectivity index (χ2n) is 4.56. The Hall–Kier alpha value is -2.37. The molecule has 0 saturated carbocycles. The fourth-order valence-electron chi connectivity index (χ4n) is 2.21. The van der Waals surface area contributed by atoms with Gasteiger partial charge < -0.3 is 18.1 Å². The number of halogens is 2. The van der Waals surface area contributed by atoms with E-state index in [-0.39, 0.29) is 18.1 Å². The molecular formula is C15H11Cl2N3O2. The summed E-state index contributed by atoms with van der Waals surface area (Å²) in [4.78, 5) is 24.1. The zero-order chi connectivity index (χ0) is 15.0. The van der Waals surface area contributed by atoms with Crippen molar-refractivity contribution in [2.45, 2.75) is 0 Å². The van der Waals surface area contributed by atoms with Gasteiger partial charge in [0.25, 0.3) is 11.6 Å². The van der Waals surface area contributed by atoms with Gasteiger partial charge in [0, 0.05) is 11.1 Å². The molecule has 112 valence electrons. The first kappa shape index (κ1) is 16.0. The van der Waals surface area contributed by atoms with Crippen molar-refractivity contribution in [3.8, 4) is 0 Å². The number of amides is 2. The van der Waals surface area contributed by atoms with Crippen LogP contribution >= 0.6 is 11.6 Å². The number of benzene rings is 1. The van der Waals surface area contributed by atoms with Crippen LogP contribution in [0, 0.1) is 0 Å². The number of carbonyl (C=O) groups is 2. The summed E-state index contributed by atoms with van der Waals surface area (Å²) in [6.45, 7) is 0. The van der Waals surface area contributed by atoms with Gasteiger partial charge in [-0.1, -0.05) is 23.7 Å². The van der Waals surface area contributed by atoms with E-state index in [4.69, 9.17) is 17.3 Å². The highest BCUT2D eigenvalue weighted by Crippen LogP contribution is 2.25. The van der Waals surface area contributed by atoms with Crippen molar-refractivity contribution in [1.82, 2.24) is 5.32 Å². The summed E-state index contributed by atoms with van der Waals surface area (Å²) in [5, 5.41) is 2.86. The number of nitrogen functional groups attached to an aromatic ring is 1. The predicted octanol–water partition coefficient (Wildman–Crippen LogP) is -1.76. The number of aromatic nitrogens is 1. The summed E-state index contributed by atoms with van der Waals surface area (Å²) >= 11 is 5.85. The standard InChI is InChI=1S/C15H10ClN3O2.ClH/c16-10-5-3-9(4-6-10)12-13(15(21)18-14(12)20)19-7-1-2-11(17)8-19;/h1-8H,17H2;1H. The maximum absolute atomic E-state index is 12.1. The molecule has 0 bridgehead atoms. The molecule has 2 aromatic rings.